The van der Waals surface area contributed by atoms with Crippen LogP contribution in [0.5, 0.6) is 0 Å². The van der Waals surface area contributed by atoms with Gasteiger partial charge in [-0.3, -0.25) is 10.1 Å². The van der Waals surface area contributed by atoms with E-state index in [1.807, 2.05) is 5.32 Å². The van der Waals surface area contributed by atoms with Crippen LogP contribution in [-0.2, 0) is 9.53 Å². The number of hydrogen-bond donors (Lipinski definition) is 1. The van der Waals surface area contributed by atoms with Crippen molar-refractivity contribution < 1.29 is 18.7 Å². The maximum Gasteiger partial charge on any atom is 0.415 e. The molecule has 0 radical (unpaired) electrons. The van der Waals surface area contributed by atoms with Crippen LogP contribution < -0.4 is 5.32 Å². The largest absolute Gasteiger partial charge is 0.472 e. The molecule has 1 N–H and O–H groups in total. The van der Waals surface area contributed by atoms with Crippen molar-refractivity contribution >= 4 is 12.0 Å². The number of alkyl carbamates (subject to hydrolysis) is 1. The van der Waals surface area contributed by atoms with Crippen molar-refractivity contribution in [3.63, 3.8) is 0 Å². The van der Waals surface area contributed by atoms with Gasteiger partial charge in [0.1, 0.15) is 0 Å². The molecule has 1 atom stereocenters. The standard InChI is InChI=1S/C7H5NO4/c9-6-5(12-7(10)8-6)4-1-2-11-3-4/h1-3,5H,(H,8,9,10). The molecule has 62 valence electrons. The fourth-order valence-electron chi connectivity index (χ4n) is 1.000. The van der Waals surface area contributed by atoms with Crippen molar-refractivity contribution in [3.05, 3.63) is 24.2 Å². The molecule has 5 heteroatoms. The molecule has 1 aromatic heterocycles. The molecule has 2 amide bonds. The molecule has 12 heavy (non-hydrogen) atoms. The molecule has 0 spiro atoms. The maximum atomic E-state index is 11.0. The molecule has 2 heterocycles. The zero-order chi connectivity index (χ0) is 8.55. The van der Waals surface area contributed by atoms with Gasteiger partial charge in [0, 0.05) is 5.56 Å². The number of amides is 2. The summed E-state index contributed by atoms with van der Waals surface area (Å²) in [7, 11) is 0. The number of carbonyl (C=O) groups excluding carboxylic acids is 2. The Morgan fingerprint density at radius 3 is 2.75 bits per heavy atom. The highest BCUT2D eigenvalue weighted by Crippen LogP contribution is 2.21. The topological polar surface area (TPSA) is 68.5 Å². The van der Waals surface area contributed by atoms with Crippen LogP contribution in [-0.4, -0.2) is 12.0 Å². The summed E-state index contributed by atoms with van der Waals surface area (Å²) < 4.78 is 9.40. The molecule has 1 aliphatic heterocycles. The highest BCUT2D eigenvalue weighted by atomic mass is 16.6. The van der Waals surface area contributed by atoms with Gasteiger partial charge in [-0.05, 0) is 6.07 Å². The van der Waals surface area contributed by atoms with E-state index in [-0.39, 0.29) is 0 Å². The second-order valence-electron chi connectivity index (χ2n) is 2.33. The Morgan fingerprint density at radius 2 is 2.25 bits per heavy atom. The number of rotatable bonds is 1. The number of imide groups is 1. The van der Waals surface area contributed by atoms with Gasteiger partial charge in [-0.15, -0.1) is 0 Å². The normalized spacial score (nSPS) is 22.2. The van der Waals surface area contributed by atoms with Gasteiger partial charge in [-0.1, -0.05) is 0 Å². The van der Waals surface area contributed by atoms with Crippen molar-refractivity contribution in [2.75, 3.05) is 0 Å². The van der Waals surface area contributed by atoms with E-state index in [4.69, 9.17) is 4.42 Å². The Hall–Kier alpha value is -1.78. The number of furan rings is 1. The lowest BCUT2D eigenvalue weighted by atomic mass is 10.2. The first-order valence-corrected chi connectivity index (χ1v) is 3.31. The summed E-state index contributed by atoms with van der Waals surface area (Å²) in [6.07, 6.45) is 1.21. The molecule has 1 fully saturated rings. The third-order valence-corrected chi connectivity index (χ3v) is 1.53. The van der Waals surface area contributed by atoms with Crippen molar-refractivity contribution in [1.29, 1.82) is 0 Å². The zero-order valence-electron chi connectivity index (χ0n) is 5.94. The summed E-state index contributed by atoms with van der Waals surface area (Å²) in [6, 6.07) is 1.57. The van der Waals surface area contributed by atoms with Gasteiger partial charge in [0.05, 0.1) is 12.5 Å². The van der Waals surface area contributed by atoms with Gasteiger partial charge >= 0.3 is 6.09 Å². The van der Waals surface area contributed by atoms with E-state index >= 15 is 0 Å². The van der Waals surface area contributed by atoms with Crippen LogP contribution in [0, 0.1) is 0 Å². The smallest absolute Gasteiger partial charge is 0.415 e. The third-order valence-electron chi connectivity index (χ3n) is 1.53. The molecule has 1 aliphatic rings. The van der Waals surface area contributed by atoms with Crippen molar-refractivity contribution in [1.82, 2.24) is 5.32 Å². The Labute approximate surface area is 67.3 Å². The Balaban J connectivity index is 2.26. The monoisotopic (exact) mass is 167 g/mol. The number of ether oxygens (including phenoxy) is 1. The molecule has 1 saturated heterocycles. The van der Waals surface area contributed by atoms with Crippen LogP contribution in [0.3, 0.4) is 0 Å². The second kappa shape index (κ2) is 2.37. The van der Waals surface area contributed by atoms with E-state index in [2.05, 4.69) is 4.74 Å². The number of carbonyl (C=O) groups is 2. The number of nitrogens with one attached hydrogen (secondary N) is 1. The van der Waals surface area contributed by atoms with E-state index in [1.54, 1.807) is 6.07 Å². The summed E-state index contributed by atoms with van der Waals surface area (Å²) >= 11 is 0. The van der Waals surface area contributed by atoms with E-state index in [0.29, 0.717) is 5.56 Å². The van der Waals surface area contributed by atoms with Crippen LogP contribution in [0.15, 0.2) is 23.0 Å². The van der Waals surface area contributed by atoms with Gasteiger partial charge in [-0.25, -0.2) is 4.79 Å². The van der Waals surface area contributed by atoms with Gasteiger partial charge < -0.3 is 9.15 Å². The minimum Gasteiger partial charge on any atom is -0.472 e. The highest BCUT2D eigenvalue weighted by molar-refractivity contribution is 6.00. The SMILES string of the molecule is O=C1NC(=O)C(c2ccoc2)O1. The molecular weight excluding hydrogens is 162 g/mol. The van der Waals surface area contributed by atoms with Crippen LogP contribution in [0.1, 0.15) is 11.7 Å². The molecule has 5 nitrogen and oxygen atoms in total. The Bertz CT molecular complexity index is 316. The van der Waals surface area contributed by atoms with E-state index in [0.717, 1.165) is 0 Å². The zero-order valence-corrected chi connectivity index (χ0v) is 5.94. The first kappa shape index (κ1) is 6.90. The van der Waals surface area contributed by atoms with Crippen molar-refractivity contribution in [2.45, 2.75) is 6.10 Å². The lowest BCUT2D eigenvalue weighted by molar-refractivity contribution is -0.123. The number of hydrogen-bond acceptors (Lipinski definition) is 4. The summed E-state index contributed by atoms with van der Waals surface area (Å²) in [4.78, 5) is 21.6. The van der Waals surface area contributed by atoms with E-state index < -0.39 is 18.1 Å². The molecule has 0 bridgehead atoms. The van der Waals surface area contributed by atoms with Crippen LogP contribution in [0.25, 0.3) is 0 Å². The number of cyclic esters (lactones) is 1. The summed E-state index contributed by atoms with van der Waals surface area (Å²) in [5, 5.41) is 2.01. The summed E-state index contributed by atoms with van der Waals surface area (Å²) in [5.74, 6) is -0.457. The van der Waals surface area contributed by atoms with Gasteiger partial charge in [0.2, 0.25) is 6.10 Å². The third kappa shape index (κ3) is 0.952. The van der Waals surface area contributed by atoms with Crippen LogP contribution in [0.2, 0.25) is 0 Å². The lowest BCUT2D eigenvalue weighted by Gasteiger charge is -1.99. The maximum absolute atomic E-state index is 11.0. The van der Waals surface area contributed by atoms with Gasteiger partial charge in [0.25, 0.3) is 5.91 Å². The first-order valence-electron chi connectivity index (χ1n) is 3.31. The molecule has 0 saturated carbocycles. The average molecular weight is 167 g/mol. The summed E-state index contributed by atoms with van der Waals surface area (Å²) in [5.41, 5.74) is 0.540. The second-order valence-corrected chi connectivity index (χ2v) is 2.33. The predicted octanol–water partition coefficient (Wildman–Crippen LogP) is 0.587. The average Bonchev–Trinajstić information content (AvgIpc) is 2.58. The lowest BCUT2D eigenvalue weighted by Crippen LogP contribution is -2.20. The molecule has 1 unspecified atom stereocenters. The fraction of sp³-hybridized carbons (Fsp3) is 0.143. The first-order chi connectivity index (χ1) is 5.77. The Morgan fingerprint density at radius 1 is 1.42 bits per heavy atom. The van der Waals surface area contributed by atoms with E-state index in [9.17, 15) is 9.59 Å². The summed E-state index contributed by atoms with van der Waals surface area (Å²) in [6.45, 7) is 0. The Kier molecular flexibility index (Phi) is 1.36. The van der Waals surface area contributed by atoms with Gasteiger partial charge in [-0.2, -0.15) is 0 Å². The van der Waals surface area contributed by atoms with Crippen molar-refractivity contribution in [2.24, 2.45) is 0 Å². The predicted molar refractivity (Wildman–Crippen MR) is 36.1 cm³/mol. The van der Waals surface area contributed by atoms with Crippen molar-refractivity contribution in [3.8, 4) is 0 Å². The van der Waals surface area contributed by atoms with E-state index in [1.165, 1.54) is 12.5 Å². The molecule has 2 rings (SSSR count). The molecular formula is C7H5NO4. The molecule has 0 aromatic carbocycles. The van der Waals surface area contributed by atoms with Gasteiger partial charge in [0.15, 0.2) is 0 Å². The highest BCUT2D eigenvalue weighted by Gasteiger charge is 2.34. The molecule has 0 aliphatic carbocycles. The fourth-order valence-corrected chi connectivity index (χ4v) is 1.000. The minimum atomic E-state index is -0.851. The minimum absolute atomic E-state index is 0.457. The molecule has 1 aromatic rings. The quantitative estimate of drug-likeness (QED) is 0.664. The van der Waals surface area contributed by atoms with Crippen LogP contribution >= 0.6 is 0 Å². The van der Waals surface area contributed by atoms with Crippen LogP contribution in [0.4, 0.5) is 4.79 Å².